The molecule has 0 unspecified atom stereocenters. The Kier molecular flexibility index (Phi) is 8.27. The fourth-order valence-corrected chi connectivity index (χ4v) is 3.83. The number of nitrogens with zero attached hydrogens (tertiary/aromatic N) is 3. The van der Waals surface area contributed by atoms with Gasteiger partial charge < -0.3 is 23.9 Å². The van der Waals surface area contributed by atoms with Crippen molar-refractivity contribution in [2.24, 2.45) is 0 Å². The van der Waals surface area contributed by atoms with Gasteiger partial charge in [0.2, 0.25) is 22.4 Å². The molecule has 2 aromatic rings. The van der Waals surface area contributed by atoms with E-state index in [0.29, 0.717) is 13.1 Å². The molecule has 1 fully saturated rings. The van der Waals surface area contributed by atoms with Gasteiger partial charge in [-0.2, -0.15) is 0 Å². The molecule has 0 aliphatic carbocycles. The Hall–Kier alpha value is -2.62. The summed E-state index contributed by atoms with van der Waals surface area (Å²) in [5.41, 5.74) is -0.878. The highest BCUT2D eigenvalue weighted by Crippen LogP contribution is 2.17. The molecule has 9 heteroatoms. The zero-order valence-electron chi connectivity index (χ0n) is 18.0. The zero-order chi connectivity index (χ0) is 22.2. The van der Waals surface area contributed by atoms with E-state index in [2.05, 4.69) is 21.7 Å². The zero-order valence-corrected chi connectivity index (χ0v) is 18.0. The van der Waals surface area contributed by atoms with Crippen LogP contribution in [0.2, 0.25) is 0 Å². The molecule has 0 amide bonds. The van der Waals surface area contributed by atoms with Crippen LogP contribution in [0, 0.1) is 0 Å². The number of rotatable bonds is 4. The first-order valence-corrected chi connectivity index (χ1v) is 10.7. The molecule has 1 saturated heterocycles. The van der Waals surface area contributed by atoms with Crippen molar-refractivity contribution >= 4 is 0 Å². The lowest BCUT2D eigenvalue weighted by molar-refractivity contribution is 0.170. The monoisotopic (exact) mass is 433 g/mol. The first kappa shape index (κ1) is 23.1. The van der Waals surface area contributed by atoms with Crippen molar-refractivity contribution in [2.45, 2.75) is 32.4 Å². The third kappa shape index (κ3) is 6.68. The van der Waals surface area contributed by atoms with Gasteiger partial charge in [-0.15, -0.1) is 0 Å². The topological polar surface area (TPSA) is 111 Å². The van der Waals surface area contributed by atoms with Crippen molar-refractivity contribution in [3.63, 3.8) is 0 Å². The molecule has 0 radical (unpaired) electrons. The molecule has 0 aromatic carbocycles. The largest absolute Gasteiger partial charge is 0.502 e. The molecule has 9 nitrogen and oxygen atoms in total. The van der Waals surface area contributed by atoms with Crippen LogP contribution in [0.5, 0.6) is 11.5 Å². The summed E-state index contributed by atoms with van der Waals surface area (Å²) in [6.45, 7) is 5.74. The van der Waals surface area contributed by atoms with E-state index >= 15 is 0 Å². The van der Waals surface area contributed by atoms with Crippen LogP contribution in [-0.2, 0) is 13.1 Å². The van der Waals surface area contributed by atoms with Gasteiger partial charge in [-0.3, -0.25) is 19.4 Å². The summed E-state index contributed by atoms with van der Waals surface area (Å²) in [5, 5.41) is 20.0. The molecule has 2 N–H and O–H groups in total. The molecule has 3 rings (SSSR count). The third-order valence-electron chi connectivity index (χ3n) is 5.57. The molecule has 1 aliphatic rings. The third-order valence-corrected chi connectivity index (χ3v) is 5.57. The van der Waals surface area contributed by atoms with E-state index in [4.69, 9.17) is 8.83 Å². The summed E-state index contributed by atoms with van der Waals surface area (Å²) in [7, 11) is 2.09. The van der Waals surface area contributed by atoms with Crippen molar-refractivity contribution < 1.29 is 19.0 Å². The number of hydrogen-bond donors (Lipinski definition) is 2. The summed E-state index contributed by atoms with van der Waals surface area (Å²) in [6.07, 6.45) is 5.40. The first-order chi connectivity index (χ1) is 14.9. The maximum absolute atomic E-state index is 11.7. The molecule has 0 bridgehead atoms. The van der Waals surface area contributed by atoms with Crippen LogP contribution < -0.4 is 10.9 Å². The molecule has 170 valence electrons. The normalized spacial score (nSPS) is 18.4. The second-order valence-corrected chi connectivity index (χ2v) is 8.03. The van der Waals surface area contributed by atoms with Crippen LogP contribution in [0.25, 0.3) is 0 Å². The lowest BCUT2D eigenvalue weighted by Crippen LogP contribution is -2.35. The minimum absolute atomic E-state index is 0.279. The SMILES string of the molecule is CN1CCCN(Cc2occc(=O)c2O)CCCN(Cc2occc(=O)c2O)CCC1. The van der Waals surface area contributed by atoms with Gasteiger partial charge in [-0.1, -0.05) is 0 Å². The maximum Gasteiger partial charge on any atom is 0.226 e. The first-order valence-electron chi connectivity index (χ1n) is 10.7. The molecule has 31 heavy (non-hydrogen) atoms. The van der Waals surface area contributed by atoms with Crippen LogP contribution in [-0.4, -0.2) is 71.2 Å². The predicted molar refractivity (Wildman–Crippen MR) is 115 cm³/mol. The van der Waals surface area contributed by atoms with E-state index in [-0.39, 0.29) is 23.0 Å². The minimum Gasteiger partial charge on any atom is -0.502 e. The minimum atomic E-state index is -0.439. The lowest BCUT2D eigenvalue weighted by Gasteiger charge is -2.28. The molecule has 0 spiro atoms. The van der Waals surface area contributed by atoms with Crippen molar-refractivity contribution in [3.05, 3.63) is 56.6 Å². The molecular formula is C22H31N3O6. The second kappa shape index (κ2) is 11.1. The second-order valence-electron chi connectivity index (χ2n) is 8.03. The quantitative estimate of drug-likeness (QED) is 0.740. The van der Waals surface area contributed by atoms with E-state index in [1.165, 1.54) is 24.7 Å². The Morgan fingerprint density at radius 3 is 1.55 bits per heavy atom. The summed E-state index contributed by atoms with van der Waals surface area (Å²) in [5.74, 6) is -0.106. The van der Waals surface area contributed by atoms with Crippen molar-refractivity contribution in [3.8, 4) is 11.5 Å². The van der Waals surface area contributed by atoms with E-state index in [9.17, 15) is 19.8 Å². The van der Waals surface area contributed by atoms with E-state index in [1.54, 1.807) is 0 Å². The average Bonchev–Trinajstić information content (AvgIpc) is 2.73. The van der Waals surface area contributed by atoms with E-state index in [1.807, 2.05) is 0 Å². The maximum atomic E-state index is 11.7. The molecule has 0 saturated carbocycles. The van der Waals surface area contributed by atoms with Gasteiger partial charge in [-0.05, 0) is 65.6 Å². The Morgan fingerprint density at radius 2 is 1.13 bits per heavy atom. The predicted octanol–water partition coefficient (Wildman–Crippen LogP) is 1.42. The fourth-order valence-electron chi connectivity index (χ4n) is 3.83. The summed E-state index contributed by atoms with van der Waals surface area (Å²) >= 11 is 0. The lowest BCUT2D eigenvalue weighted by atomic mass is 10.2. The van der Waals surface area contributed by atoms with Gasteiger partial charge in [0.05, 0.1) is 25.6 Å². The van der Waals surface area contributed by atoms with Crippen molar-refractivity contribution in [2.75, 3.05) is 46.3 Å². The summed E-state index contributed by atoms with van der Waals surface area (Å²) < 4.78 is 10.8. The van der Waals surface area contributed by atoms with Gasteiger partial charge in [0.25, 0.3) is 0 Å². The number of hydrogen-bond acceptors (Lipinski definition) is 9. The van der Waals surface area contributed by atoms with Gasteiger partial charge in [0.1, 0.15) is 0 Å². The van der Waals surface area contributed by atoms with Crippen LogP contribution in [0.15, 0.2) is 43.1 Å². The molecule has 0 atom stereocenters. The van der Waals surface area contributed by atoms with Crippen LogP contribution in [0.3, 0.4) is 0 Å². The molecule has 2 aromatic heterocycles. The van der Waals surface area contributed by atoms with E-state index in [0.717, 1.165) is 58.5 Å². The van der Waals surface area contributed by atoms with E-state index < -0.39 is 10.9 Å². The van der Waals surface area contributed by atoms with Gasteiger partial charge in [0.15, 0.2) is 11.5 Å². The van der Waals surface area contributed by atoms with Crippen LogP contribution in [0.1, 0.15) is 30.8 Å². The Balaban J connectivity index is 1.68. The Bertz CT molecular complexity index is 881. The van der Waals surface area contributed by atoms with Gasteiger partial charge >= 0.3 is 0 Å². The molecular weight excluding hydrogens is 402 g/mol. The highest BCUT2D eigenvalue weighted by atomic mass is 16.4. The van der Waals surface area contributed by atoms with Crippen LogP contribution in [0.4, 0.5) is 0 Å². The van der Waals surface area contributed by atoms with Gasteiger partial charge in [-0.25, -0.2) is 0 Å². The summed E-state index contributed by atoms with van der Waals surface area (Å²) in [4.78, 5) is 30.0. The highest BCUT2D eigenvalue weighted by Gasteiger charge is 2.17. The Labute approximate surface area is 181 Å². The Morgan fingerprint density at radius 1 is 0.742 bits per heavy atom. The van der Waals surface area contributed by atoms with Gasteiger partial charge in [0, 0.05) is 12.1 Å². The molecule has 3 heterocycles. The van der Waals surface area contributed by atoms with Crippen LogP contribution >= 0.6 is 0 Å². The smallest absolute Gasteiger partial charge is 0.226 e. The fraction of sp³-hybridized carbons (Fsp3) is 0.545. The average molecular weight is 434 g/mol. The summed E-state index contributed by atoms with van der Waals surface area (Å²) in [6, 6.07) is 2.42. The van der Waals surface area contributed by atoms with Crippen molar-refractivity contribution in [1.29, 1.82) is 0 Å². The molecule has 1 aliphatic heterocycles. The highest BCUT2D eigenvalue weighted by molar-refractivity contribution is 5.23. The standard InChI is InChI=1S/C22H31N3O6/c1-23-7-2-9-24(15-19-21(28)17(26)5-13-30-19)11-4-12-25(10-3-8-23)16-20-22(29)18(27)6-14-31-20/h5-6,13-14,28-29H,2-4,7-12,15-16H2,1H3. The number of aromatic hydroxyl groups is 2. The van der Waals surface area contributed by atoms with Crippen molar-refractivity contribution in [1.82, 2.24) is 14.7 Å².